The fourth-order valence-corrected chi connectivity index (χ4v) is 4.24. The van der Waals surface area contributed by atoms with E-state index in [0.717, 1.165) is 32.4 Å². The van der Waals surface area contributed by atoms with Gasteiger partial charge in [-0.2, -0.15) is 0 Å². The summed E-state index contributed by atoms with van der Waals surface area (Å²) in [4.78, 5) is 12.5. The fraction of sp³-hybridized carbons (Fsp3) is 0.235. The predicted octanol–water partition coefficient (Wildman–Crippen LogP) is 4.54. The fourth-order valence-electron chi connectivity index (χ4n) is 2.67. The van der Waals surface area contributed by atoms with Crippen molar-refractivity contribution in [3.05, 3.63) is 57.3 Å². The summed E-state index contributed by atoms with van der Waals surface area (Å²) in [6.07, 6.45) is 2.10. The lowest BCUT2D eigenvalue weighted by Gasteiger charge is -2.11. The Kier molecular flexibility index (Phi) is 3.73. The van der Waals surface area contributed by atoms with Gasteiger partial charge < -0.3 is 9.88 Å². The topological polar surface area (TPSA) is 34.0 Å². The van der Waals surface area contributed by atoms with Gasteiger partial charge in [-0.3, -0.25) is 4.79 Å². The number of hydrogen-bond acceptors (Lipinski definition) is 2. The number of carbonyl (C=O) groups excluding carboxylic acids is 1. The first-order valence-electron chi connectivity index (χ1n) is 7.44. The molecule has 6 heteroatoms. The Bertz CT molecular complexity index is 897. The molecule has 1 N–H and O–H groups in total. The van der Waals surface area contributed by atoms with Gasteiger partial charge in [-0.15, -0.1) is 11.3 Å². The molecular formula is C17H14BrFN2OS. The quantitative estimate of drug-likeness (QED) is 0.694. The van der Waals surface area contributed by atoms with Gasteiger partial charge in [0.2, 0.25) is 0 Å². The number of thiophene rings is 1. The Labute approximate surface area is 145 Å². The van der Waals surface area contributed by atoms with E-state index >= 15 is 0 Å². The van der Waals surface area contributed by atoms with Gasteiger partial charge in [0.05, 0.1) is 14.0 Å². The highest BCUT2D eigenvalue weighted by Crippen LogP contribution is 2.33. The predicted molar refractivity (Wildman–Crippen MR) is 93.5 cm³/mol. The third kappa shape index (κ3) is 3.05. The molecule has 0 radical (unpaired) electrons. The summed E-state index contributed by atoms with van der Waals surface area (Å²) >= 11 is 5.09. The minimum Gasteiger partial charge on any atom is -0.348 e. The van der Waals surface area contributed by atoms with E-state index in [0.29, 0.717) is 18.3 Å². The highest BCUT2D eigenvalue weighted by Gasteiger charge is 2.26. The number of aromatic nitrogens is 1. The van der Waals surface area contributed by atoms with Crippen molar-refractivity contribution in [2.45, 2.75) is 25.4 Å². The van der Waals surface area contributed by atoms with Crippen LogP contribution in [0.1, 0.15) is 28.9 Å². The second kappa shape index (κ2) is 5.76. The standard InChI is InChI=1S/C17H14BrFN2OS/c18-16-8-13-15(23-16)7-14(17(22)20-12-4-5-12)21(13)9-10-2-1-3-11(19)6-10/h1-3,6-8,12H,4-5,9H2,(H,20,22). The smallest absolute Gasteiger partial charge is 0.268 e. The van der Waals surface area contributed by atoms with Gasteiger partial charge in [-0.1, -0.05) is 12.1 Å². The highest BCUT2D eigenvalue weighted by molar-refractivity contribution is 9.11. The van der Waals surface area contributed by atoms with Crippen LogP contribution in [0.25, 0.3) is 10.2 Å². The van der Waals surface area contributed by atoms with Crippen molar-refractivity contribution in [3.8, 4) is 0 Å². The number of rotatable bonds is 4. The van der Waals surface area contributed by atoms with Crippen LogP contribution in [0.5, 0.6) is 0 Å². The number of hydrogen-bond donors (Lipinski definition) is 1. The lowest BCUT2D eigenvalue weighted by Crippen LogP contribution is -2.27. The second-order valence-electron chi connectivity index (χ2n) is 5.79. The van der Waals surface area contributed by atoms with Crippen molar-refractivity contribution < 1.29 is 9.18 Å². The molecule has 1 amide bonds. The van der Waals surface area contributed by atoms with Crippen molar-refractivity contribution in [3.63, 3.8) is 0 Å². The van der Waals surface area contributed by atoms with Crippen molar-refractivity contribution in [2.24, 2.45) is 0 Å². The zero-order chi connectivity index (χ0) is 16.0. The Morgan fingerprint density at radius 3 is 2.91 bits per heavy atom. The van der Waals surface area contributed by atoms with E-state index in [-0.39, 0.29) is 11.7 Å². The van der Waals surface area contributed by atoms with E-state index in [1.807, 2.05) is 22.8 Å². The van der Waals surface area contributed by atoms with Crippen LogP contribution in [0.4, 0.5) is 4.39 Å². The number of benzene rings is 1. The number of nitrogens with one attached hydrogen (secondary N) is 1. The van der Waals surface area contributed by atoms with E-state index in [1.165, 1.54) is 12.1 Å². The molecule has 1 aliphatic rings. The van der Waals surface area contributed by atoms with Crippen molar-refractivity contribution >= 4 is 43.4 Å². The van der Waals surface area contributed by atoms with E-state index in [4.69, 9.17) is 0 Å². The molecule has 1 aliphatic carbocycles. The van der Waals surface area contributed by atoms with E-state index in [2.05, 4.69) is 21.2 Å². The summed E-state index contributed by atoms with van der Waals surface area (Å²) < 4.78 is 17.5. The van der Waals surface area contributed by atoms with E-state index < -0.39 is 0 Å². The summed E-state index contributed by atoms with van der Waals surface area (Å²) in [5.41, 5.74) is 2.47. The molecule has 3 nitrogen and oxygen atoms in total. The van der Waals surface area contributed by atoms with Crippen molar-refractivity contribution in [2.75, 3.05) is 0 Å². The van der Waals surface area contributed by atoms with Crippen LogP contribution in [0.15, 0.2) is 40.2 Å². The molecule has 4 rings (SSSR count). The number of fused-ring (bicyclic) bond motifs is 1. The maximum atomic E-state index is 13.5. The molecule has 2 aromatic heterocycles. The molecule has 0 saturated heterocycles. The lowest BCUT2D eigenvalue weighted by molar-refractivity contribution is 0.0942. The average molecular weight is 393 g/mol. The molecule has 0 aliphatic heterocycles. The van der Waals surface area contributed by atoms with Crippen molar-refractivity contribution in [1.82, 2.24) is 9.88 Å². The van der Waals surface area contributed by atoms with Crippen LogP contribution in [0.3, 0.4) is 0 Å². The summed E-state index contributed by atoms with van der Waals surface area (Å²) in [7, 11) is 0. The first-order chi connectivity index (χ1) is 11.1. The monoisotopic (exact) mass is 392 g/mol. The maximum absolute atomic E-state index is 13.5. The molecule has 3 aromatic rings. The molecule has 118 valence electrons. The first kappa shape index (κ1) is 14.9. The largest absolute Gasteiger partial charge is 0.348 e. The third-order valence-corrected chi connectivity index (χ3v) is 5.51. The normalized spacial score (nSPS) is 14.3. The number of carbonyl (C=O) groups is 1. The summed E-state index contributed by atoms with van der Waals surface area (Å²) in [5, 5.41) is 3.03. The van der Waals surface area contributed by atoms with Gasteiger partial charge >= 0.3 is 0 Å². The van der Waals surface area contributed by atoms with Crippen LogP contribution < -0.4 is 5.32 Å². The average Bonchev–Trinajstić information content (AvgIpc) is 3.15. The van der Waals surface area contributed by atoms with Gasteiger partial charge in [0.1, 0.15) is 11.5 Å². The van der Waals surface area contributed by atoms with Gasteiger partial charge in [-0.25, -0.2) is 4.39 Å². The minimum atomic E-state index is -0.263. The van der Waals surface area contributed by atoms with Crippen LogP contribution in [-0.4, -0.2) is 16.5 Å². The summed E-state index contributed by atoms with van der Waals surface area (Å²) in [6.45, 7) is 0.470. The zero-order valence-corrected chi connectivity index (χ0v) is 14.6. The van der Waals surface area contributed by atoms with Gasteiger partial charge in [-0.05, 0) is 58.6 Å². The summed E-state index contributed by atoms with van der Waals surface area (Å²) in [6, 6.07) is 10.7. The van der Waals surface area contributed by atoms with Gasteiger partial charge in [0.15, 0.2) is 0 Å². The molecule has 1 saturated carbocycles. The van der Waals surface area contributed by atoms with Crippen LogP contribution in [0, 0.1) is 5.82 Å². The Balaban J connectivity index is 1.75. The Hall–Kier alpha value is -1.66. The van der Waals surface area contributed by atoms with Gasteiger partial charge in [0, 0.05) is 12.6 Å². The van der Waals surface area contributed by atoms with E-state index in [1.54, 1.807) is 17.4 Å². The molecule has 0 unspecified atom stereocenters. The molecule has 23 heavy (non-hydrogen) atoms. The molecule has 0 atom stereocenters. The minimum absolute atomic E-state index is 0.0524. The molecule has 0 spiro atoms. The highest BCUT2D eigenvalue weighted by atomic mass is 79.9. The molecule has 1 fully saturated rings. The SMILES string of the molecule is O=C(NC1CC1)c1cc2sc(Br)cc2n1Cc1cccc(F)c1. The lowest BCUT2D eigenvalue weighted by atomic mass is 10.2. The summed E-state index contributed by atoms with van der Waals surface area (Å²) in [5.74, 6) is -0.315. The second-order valence-corrected chi connectivity index (χ2v) is 8.26. The Morgan fingerprint density at radius 2 is 2.17 bits per heavy atom. The maximum Gasteiger partial charge on any atom is 0.268 e. The van der Waals surface area contributed by atoms with Gasteiger partial charge in [0.25, 0.3) is 5.91 Å². The molecule has 0 bridgehead atoms. The Morgan fingerprint density at radius 1 is 1.35 bits per heavy atom. The van der Waals surface area contributed by atoms with Crippen LogP contribution in [0.2, 0.25) is 0 Å². The molecule has 1 aromatic carbocycles. The molecular weight excluding hydrogens is 379 g/mol. The zero-order valence-electron chi connectivity index (χ0n) is 12.2. The number of halogens is 2. The van der Waals surface area contributed by atoms with Crippen LogP contribution in [-0.2, 0) is 6.54 Å². The number of nitrogens with zero attached hydrogens (tertiary/aromatic N) is 1. The van der Waals surface area contributed by atoms with Crippen LogP contribution >= 0.6 is 27.3 Å². The number of amides is 1. The first-order valence-corrected chi connectivity index (χ1v) is 9.05. The van der Waals surface area contributed by atoms with E-state index in [9.17, 15) is 9.18 Å². The van der Waals surface area contributed by atoms with Crippen molar-refractivity contribution in [1.29, 1.82) is 0 Å². The molecule has 2 heterocycles. The third-order valence-electron chi connectivity index (χ3n) is 3.93.